The smallest absolute Gasteiger partial charge is 0.421 e. The topological polar surface area (TPSA) is 125 Å². The molecule has 0 fully saturated rings. The maximum Gasteiger partial charge on any atom is 0.421 e. The van der Waals surface area contributed by atoms with E-state index in [9.17, 15) is 18.0 Å². The van der Waals surface area contributed by atoms with E-state index in [1.165, 1.54) is 0 Å². The van der Waals surface area contributed by atoms with Gasteiger partial charge in [-0.15, -0.1) is 0 Å². The summed E-state index contributed by atoms with van der Waals surface area (Å²) in [6.45, 7) is 10.3. The van der Waals surface area contributed by atoms with Crippen LogP contribution in [0, 0.1) is 0 Å². The number of nitrogens with two attached hydrogens (primary N) is 1. The van der Waals surface area contributed by atoms with Gasteiger partial charge in [-0.05, 0) is 60.8 Å². The minimum atomic E-state index is -3.81. The zero-order chi connectivity index (χ0) is 19.9. The minimum absolute atomic E-state index is 0.173. The van der Waals surface area contributed by atoms with Crippen molar-refractivity contribution < 1.29 is 27.5 Å². The van der Waals surface area contributed by atoms with Crippen LogP contribution in [0.4, 0.5) is 4.79 Å². The molecule has 0 aromatic rings. The van der Waals surface area contributed by atoms with Crippen LogP contribution in [0.2, 0.25) is 0 Å². The van der Waals surface area contributed by atoms with Crippen molar-refractivity contribution in [1.82, 2.24) is 4.72 Å². The molecule has 0 aliphatic heterocycles. The Morgan fingerprint density at radius 2 is 1.52 bits per heavy atom. The van der Waals surface area contributed by atoms with Crippen LogP contribution in [0.15, 0.2) is 0 Å². The number of ether oxygens (including phenoxy) is 2. The molecule has 1 amide bonds. The predicted molar refractivity (Wildman–Crippen MR) is 95.4 cm³/mol. The van der Waals surface area contributed by atoms with Crippen molar-refractivity contribution in [2.75, 3.05) is 5.75 Å². The Morgan fingerprint density at radius 3 is 2.00 bits per heavy atom. The van der Waals surface area contributed by atoms with Crippen molar-refractivity contribution in [3.63, 3.8) is 0 Å². The van der Waals surface area contributed by atoms with Gasteiger partial charge in [0.05, 0.1) is 5.75 Å². The molecule has 9 heteroatoms. The first-order chi connectivity index (χ1) is 11.1. The Balaban J connectivity index is 4.13. The summed E-state index contributed by atoms with van der Waals surface area (Å²) in [6.07, 6.45) is 0.392. The van der Waals surface area contributed by atoms with Crippen molar-refractivity contribution in [3.8, 4) is 0 Å². The molecule has 0 spiro atoms. The molecule has 1 atom stereocenters. The summed E-state index contributed by atoms with van der Waals surface area (Å²) in [7, 11) is -3.81. The molecule has 0 heterocycles. The van der Waals surface area contributed by atoms with Crippen molar-refractivity contribution in [1.29, 1.82) is 0 Å². The molecule has 0 aliphatic carbocycles. The lowest BCUT2D eigenvalue weighted by Crippen LogP contribution is -2.38. The van der Waals surface area contributed by atoms with Gasteiger partial charge in [0.2, 0.25) is 10.0 Å². The highest BCUT2D eigenvalue weighted by Gasteiger charge is 2.22. The van der Waals surface area contributed by atoms with Crippen LogP contribution in [-0.4, -0.2) is 43.5 Å². The largest absolute Gasteiger partial charge is 0.460 e. The van der Waals surface area contributed by atoms with Gasteiger partial charge in [-0.25, -0.2) is 17.9 Å². The number of esters is 1. The van der Waals surface area contributed by atoms with Gasteiger partial charge in [-0.3, -0.25) is 4.79 Å². The summed E-state index contributed by atoms with van der Waals surface area (Å²) in [5.41, 5.74) is 4.56. The third kappa shape index (κ3) is 14.7. The van der Waals surface area contributed by atoms with Crippen LogP contribution < -0.4 is 10.5 Å². The number of amides is 1. The van der Waals surface area contributed by atoms with E-state index in [-0.39, 0.29) is 24.6 Å². The van der Waals surface area contributed by atoms with E-state index in [4.69, 9.17) is 15.2 Å². The predicted octanol–water partition coefficient (Wildman–Crippen LogP) is 2.07. The van der Waals surface area contributed by atoms with E-state index >= 15 is 0 Å². The number of carbonyl (C=O) groups excluding carboxylic acids is 2. The molecule has 148 valence electrons. The van der Waals surface area contributed by atoms with Crippen LogP contribution in [-0.2, 0) is 24.3 Å². The molecule has 0 rings (SSSR count). The zero-order valence-corrected chi connectivity index (χ0v) is 16.9. The summed E-state index contributed by atoms with van der Waals surface area (Å²) in [5.74, 6) is -0.598. The normalized spacial score (nSPS) is 13.9. The zero-order valence-electron chi connectivity index (χ0n) is 16.0. The summed E-state index contributed by atoms with van der Waals surface area (Å²) in [5, 5.41) is 0. The van der Waals surface area contributed by atoms with Gasteiger partial charge in [0.15, 0.2) is 0 Å². The van der Waals surface area contributed by atoms with Gasteiger partial charge in [0.1, 0.15) is 11.2 Å². The first kappa shape index (κ1) is 23.6. The monoisotopic (exact) mass is 380 g/mol. The Bertz CT molecular complexity index is 546. The summed E-state index contributed by atoms with van der Waals surface area (Å²) in [4.78, 5) is 23.1. The molecule has 0 saturated heterocycles. The minimum Gasteiger partial charge on any atom is -0.460 e. The lowest BCUT2D eigenvalue weighted by molar-refractivity contribution is -0.154. The summed E-state index contributed by atoms with van der Waals surface area (Å²) < 4.78 is 35.6. The number of carbonyl (C=O) groups is 2. The van der Waals surface area contributed by atoms with Crippen molar-refractivity contribution >= 4 is 22.1 Å². The Morgan fingerprint density at radius 1 is 1.00 bits per heavy atom. The second-order valence-electron chi connectivity index (χ2n) is 7.95. The van der Waals surface area contributed by atoms with Crippen molar-refractivity contribution in [2.45, 2.75) is 84.5 Å². The van der Waals surface area contributed by atoms with Gasteiger partial charge in [-0.1, -0.05) is 0 Å². The molecular formula is C16H32N2O6S. The van der Waals surface area contributed by atoms with Crippen molar-refractivity contribution in [2.24, 2.45) is 5.73 Å². The van der Waals surface area contributed by atoms with Crippen molar-refractivity contribution in [3.05, 3.63) is 0 Å². The van der Waals surface area contributed by atoms with Gasteiger partial charge >= 0.3 is 12.1 Å². The highest BCUT2D eigenvalue weighted by molar-refractivity contribution is 7.90. The van der Waals surface area contributed by atoms with Crippen LogP contribution in [0.25, 0.3) is 0 Å². The molecule has 25 heavy (non-hydrogen) atoms. The van der Waals surface area contributed by atoms with Crippen LogP contribution in [0.3, 0.4) is 0 Å². The van der Waals surface area contributed by atoms with Gasteiger partial charge in [0.25, 0.3) is 0 Å². The molecule has 0 saturated carbocycles. The Hall–Kier alpha value is -1.35. The average Bonchev–Trinajstić information content (AvgIpc) is 2.31. The van der Waals surface area contributed by atoms with Gasteiger partial charge in [-0.2, -0.15) is 0 Å². The van der Waals surface area contributed by atoms with Crippen LogP contribution in [0.5, 0.6) is 0 Å². The third-order valence-electron chi connectivity index (χ3n) is 2.77. The van der Waals surface area contributed by atoms with Gasteiger partial charge < -0.3 is 15.2 Å². The van der Waals surface area contributed by atoms with E-state index in [1.807, 2.05) is 4.72 Å². The quantitative estimate of drug-likeness (QED) is 0.617. The number of nitrogens with one attached hydrogen (secondary N) is 1. The van der Waals surface area contributed by atoms with E-state index in [2.05, 4.69) is 0 Å². The molecule has 1 unspecified atom stereocenters. The molecule has 0 aromatic heterocycles. The van der Waals surface area contributed by atoms with E-state index < -0.39 is 33.4 Å². The number of rotatable bonds is 8. The van der Waals surface area contributed by atoms with E-state index in [1.54, 1.807) is 41.5 Å². The second kappa shape index (κ2) is 9.38. The Kier molecular flexibility index (Phi) is 8.87. The lowest BCUT2D eigenvalue weighted by atomic mass is 10.1. The van der Waals surface area contributed by atoms with E-state index in [0.717, 1.165) is 0 Å². The van der Waals surface area contributed by atoms with E-state index in [0.29, 0.717) is 12.8 Å². The fourth-order valence-corrected chi connectivity index (χ4v) is 2.84. The fourth-order valence-electron chi connectivity index (χ4n) is 1.83. The fraction of sp³-hybridized carbons (Fsp3) is 0.875. The maximum absolute atomic E-state index is 11.8. The number of hydrogen-bond donors (Lipinski definition) is 2. The number of sulfonamides is 1. The third-order valence-corrected chi connectivity index (χ3v) is 4.02. The second-order valence-corrected chi connectivity index (χ2v) is 9.79. The molecule has 8 nitrogen and oxygen atoms in total. The van der Waals surface area contributed by atoms with Crippen LogP contribution in [0.1, 0.15) is 67.2 Å². The standard InChI is InChI=1S/C16H32N2O6S/c1-15(2,3)23-13(19)9-7-8-12(17)10-11-25(21,22)18-14(20)24-16(4,5)6/h12H,7-11,17H2,1-6H3,(H,18,20). The SMILES string of the molecule is CC(C)(C)OC(=O)CCCC(N)CCS(=O)(=O)NC(=O)OC(C)(C)C. The average molecular weight is 381 g/mol. The summed E-state index contributed by atoms with van der Waals surface area (Å²) >= 11 is 0. The first-order valence-corrected chi connectivity index (χ1v) is 9.96. The first-order valence-electron chi connectivity index (χ1n) is 8.30. The Labute approximate surface area is 150 Å². The lowest BCUT2D eigenvalue weighted by Gasteiger charge is -2.20. The molecule has 0 aromatic carbocycles. The molecule has 0 bridgehead atoms. The van der Waals surface area contributed by atoms with Crippen LogP contribution >= 0.6 is 0 Å². The van der Waals surface area contributed by atoms with Gasteiger partial charge in [0, 0.05) is 12.5 Å². The highest BCUT2D eigenvalue weighted by Crippen LogP contribution is 2.11. The molecule has 3 N–H and O–H groups in total. The highest BCUT2D eigenvalue weighted by atomic mass is 32.2. The molecule has 0 radical (unpaired) electrons. The summed E-state index contributed by atoms with van der Waals surface area (Å²) in [6, 6.07) is -0.391. The maximum atomic E-state index is 11.8. The number of hydrogen-bond acceptors (Lipinski definition) is 7. The molecule has 0 aliphatic rings. The molecular weight excluding hydrogens is 348 g/mol.